The molecule has 136 valence electrons. The molecule has 0 spiro atoms. The summed E-state index contributed by atoms with van der Waals surface area (Å²) < 4.78 is 0. The fourth-order valence-electron chi connectivity index (χ4n) is 3.15. The van der Waals surface area contributed by atoms with Crippen molar-refractivity contribution in [1.29, 1.82) is 0 Å². The molecule has 0 aliphatic carbocycles. The van der Waals surface area contributed by atoms with Crippen molar-refractivity contribution in [3.63, 3.8) is 0 Å². The Hall–Kier alpha value is -3.02. The van der Waals surface area contributed by atoms with E-state index in [2.05, 4.69) is 29.4 Å². The van der Waals surface area contributed by atoms with Crippen LogP contribution in [-0.4, -0.2) is 38.5 Å². The normalized spacial score (nSPS) is 13.0. The van der Waals surface area contributed by atoms with Gasteiger partial charge in [0.15, 0.2) is 0 Å². The SMILES string of the molecule is CCN(CC)c1ccc(NC(=O)c2ccc3c(c2)NC(=O)CN3C)cc1. The second-order valence-electron chi connectivity index (χ2n) is 6.31. The number of fused-ring (bicyclic) bond motifs is 1. The van der Waals surface area contributed by atoms with E-state index in [9.17, 15) is 9.59 Å². The zero-order valence-corrected chi connectivity index (χ0v) is 15.4. The van der Waals surface area contributed by atoms with E-state index in [1.807, 2.05) is 42.3 Å². The predicted molar refractivity (Wildman–Crippen MR) is 106 cm³/mol. The molecule has 1 aliphatic heterocycles. The van der Waals surface area contributed by atoms with Gasteiger partial charge in [-0.05, 0) is 56.3 Å². The van der Waals surface area contributed by atoms with Crippen LogP contribution in [0.4, 0.5) is 22.7 Å². The number of amides is 2. The minimum atomic E-state index is -0.203. The Labute approximate surface area is 153 Å². The van der Waals surface area contributed by atoms with Crippen LogP contribution in [-0.2, 0) is 4.79 Å². The van der Waals surface area contributed by atoms with Gasteiger partial charge in [-0.1, -0.05) is 0 Å². The van der Waals surface area contributed by atoms with Gasteiger partial charge >= 0.3 is 0 Å². The van der Waals surface area contributed by atoms with Crippen molar-refractivity contribution in [2.45, 2.75) is 13.8 Å². The molecule has 0 unspecified atom stereocenters. The fourth-order valence-corrected chi connectivity index (χ4v) is 3.15. The van der Waals surface area contributed by atoms with Crippen LogP contribution in [0.15, 0.2) is 42.5 Å². The summed E-state index contributed by atoms with van der Waals surface area (Å²) in [5.74, 6) is -0.282. The standard InChI is InChI=1S/C20H24N4O2/c1-4-24(5-2)16-9-7-15(8-10-16)21-20(26)14-6-11-18-17(12-14)22-19(25)13-23(18)3/h6-12H,4-5,13H2,1-3H3,(H,21,26)(H,22,25). The van der Waals surface area contributed by atoms with Crippen molar-refractivity contribution in [3.05, 3.63) is 48.0 Å². The summed E-state index contributed by atoms with van der Waals surface area (Å²) in [6, 6.07) is 13.1. The smallest absolute Gasteiger partial charge is 0.255 e. The number of rotatable bonds is 5. The van der Waals surface area contributed by atoms with Crippen LogP contribution in [0.3, 0.4) is 0 Å². The molecule has 2 N–H and O–H groups in total. The van der Waals surface area contributed by atoms with Gasteiger partial charge in [-0.3, -0.25) is 9.59 Å². The van der Waals surface area contributed by atoms with Gasteiger partial charge < -0.3 is 20.4 Å². The van der Waals surface area contributed by atoms with Crippen LogP contribution in [0.5, 0.6) is 0 Å². The fraction of sp³-hybridized carbons (Fsp3) is 0.300. The number of hydrogen-bond acceptors (Lipinski definition) is 4. The van der Waals surface area contributed by atoms with E-state index < -0.39 is 0 Å². The number of nitrogens with one attached hydrogen (secondary N) is 2. The van der Waals surface area contributed by atoms with E-state index in [-0.39, 0.29) is 11.8 Å². The topological polar surface area (TPSA) is 64.7 Å². The highest BCUT2D eigenvalue weighted by atomic mass is 16.2. The number of benzene rings is 2. The second kappa shape index (κ2) is 7.47. The first kappa shape index (κ1) is 17.8. The van der Waals surface area contributed by atoms with Gasteiger partial charge in [0.1, 0.15) is 0 Å². The van der Waals surface area contributed by atoms with E-state index >= 15 is 0 Å². The molecular weight excluding hydrogens is 328 g/mol. The molecule has 0 saturated heterocycles. The summed E-state index contributed by atoms with van der Waals surface area (Å²) >= 11 is 0. The Kier molecular flexibility index (Phi) is 5.11. The third-order valence-corrected chi connectivity index (χ3v) is 4.58. The van der Waals surface area contributed by atoms with Gasteiger partial charge in [0, 0.05) is 37.1 Å². The van der Waals surface area contributed by atoms with Crippen LogP contribution < -0.4 is 20.4 Å². The van der Waals surface area contributed by atoms with Crippen LogP contribution in [0.2, 0.25) is 0 Å². The largest absolute Gasteiger partial charge is 0.372 e. The monoisotopic (exact) mass is 352 g/mol. The second-order valence-corrected chi connectivity index (χ2v) is 6.31. The Morgan fingerprint density at radius 1 is 1.15 bits per heavy atom. The Balaban J connectivity index is 1.74. The molecule has 6 nitrogen and oxygen atoms in total. The summed E-state index contributed by atoms with van der Waals surface area (Å²) in [5.41, 5.74) is 3.95. The summed E-state index contributed by atoms with van der Waals surface area (Å²) in [6.45, 7) is 6.43. The molecule has 2 aromatic rings. The van der Waals surface area contributed by atoms with Crippen molar-refractivity contribution >= 4 is 34.6 Å². The lowest BCUT2D eigenvalue weighted by Crippen LogP contribution is -2.35. The summed E-state index contributed by atoms with van der Waals surface area (Å²) in [4.78, 5) is 28.3. The van der Waals surface area contributed by atoms with Crippen LogP contribution in [0, 0.1) is 0 Å². The lowest BCUT2D eigenvalue weighted by Gasteiger charge is -2.27. The van der Waals surface area contributed by atoms with Gasteiger partial charge in [0.05, 0.1) is 17.9 Å². The molecule has 0 aromatic heterocycles. The van der Waals surface area contributed by atoms with E-state index in [4.69, 9.17) is 0 Å². The quantitative estimate of drug-likeness (QED) is 0.867. The van der Waals surface area contributed by atoms with Crippen molar-refractivity contribution < 1.29 is 9.59 Å². The lowest BCUT2D eigenvalue weighted by molar-refractivity contribution is -0.115. The number of anilines is 4. The number of carbonyl (C=O) groups excluding carboxylic acids is 2. The van der Waals surface area contributed by atoms with Crippen LogP contribution in [0.1, 0.15) is 24.2 Å². The molecule has 0 radical (unpaired) electrons. The Morgan fingerprint density at radius 3 is 2.50 bits per heavy atom. The third kappa shape index (κ3) is 3.64. The van der Waals surface area contributed by atoms with Gasteiger partial charge in [-0.15, -0.1) is 0 Å². The van der Waals surface area contributed by atoms with Crippen molar-refractivity contribution in [2.75, 3.05) is 47.1 Å². The predicted octanol–water partition coefficient (Wildman–Crippen LogP) is 3.17. The van der Waals surface area contributed by atoms with Gasteiger partial charge in [-0.2, -0.15) is 0 Å². The minimum absolute atomic E-state index is 0.0791. The molecule has 0 bridgehead atoms. The molecule has 1 aliphatic rings. The molecule has 0 atom stereocenters. The molecule has 1 heterocycles. The summed E-state index contributed by atoms with van der Waals surface area (Å²) in [6.07, 6.45) is 0. The number of carbonyl (C=O) groups is 2. The molecule has 2 amide bonds. The highest BCUT2D eigenvalue weighted by Gasteiger charge is 2.20. The van der Waals surface area contributed by atoms with Crippen LogP contribution in [0.25, 0.3) is 0 Å². The first-order valence-corrected chi connectivity index (χ1v) is 8.83. The first-order valence-electron chi connectivity index (χ1n) is 8.83. The zero-order valence-electron chi connectivity index (χ0n) is 15.4. The van der Waals surface area contributed by atoms with E-state index in [0.717, 1.165) is 30.2 Å². The molecule has 6 heteroatoms. The van der Waals surface area contributed by atoms with Crippen LogP contribution >= 0.6 is 0 Å². The average Bonchev–Trinajstić information content (AvgIpc) is 2.63. The van der Waals surface area contributed by atoms with Gasteiger partial charge in [0.2, 0.25) is 5.91 Å². The highest BCUT2D eigenvalue weighted by Crippen LogP contribution is 2.29. The molecule has 0 fully saturated rings. The number of hydrogen-bond donors (Lipinski definition) is 2. The summed E-state index contributed by atoms with van der Waals surface area (Å²) in [5, 5.41) is 5.72. The van der Waals surface area contributed by atoms with E-state index in [1.165, 1.54) is 0 Å². The summed E-state index contributed by atoms with van der Waals surface area (Å²) in [7, 11) is 1.86. The lowest BCUT2D eigenvalue weighted by atomic mass is 10.1. The maximum atomic E-state index is 12.5. The highest BCUT2D eigenvalue weighted by molar-refractivity contribution is 6.07. The number of likely N-dealkylation sites (N-methyl/N-ethyl adjacent to an activating group) is 1. The molecule has 3 rings (SSSR count). The molecule has 2 aromatic carbocycles. The minimum Gasteiger partial charge on any atom is -0.372 e. The van der Waals surface area contributed by atoms with E-state index in [1.54, 1.807) is 12.1 Å². The third-order valence-electron chi connectivity index (χ3n) is 4.58. The zero-order chi connectivity index (χ0) is 18.7. The Morgan fingerprint density at radius 2 is 1.85 bits per heavy atom. The van der Waals surface area contributed by atoms with Crippen molar-refractivity contribution in [1.82, 2.24) is 0 Å². The molecule has 0 saturated carbocycles. The maximum absolute atomic E-state index is 12.5. The Bertz CT molecular complexity index is 813. The number of nitrogens with zero attached hydrogens (tertiary/aromatic N) is 2. The van der Waals surface area contributed by atoms with E-state index in [0.29, 0.717) is 17.8 Å². The maximum Gasteiger partial charge on any atom is 0.255 e. The molecule has 26 heavy (non-hydrogen) atoms. The van der Waals surface area contributed by atoms with Gasteiger partial charge in [0.25, 0.3) is 5.91 Å². The first-order chi connectivity index (χ1) is 12.5. The van der Waals surface area contributed by atoms with Gasteiger partial charge in [-0.25, -0.2) is 0 Å². The van der Waals surface area contributed by atoms with Crippen molar-refractivity contribution in [2.24, 2.45) is 0 Å². The molecular formula is C20H24N4O2. The van der Waals surface area contributed by atoms with Crippen molar-refractivity contribution in [3.8, 4) is 0 Å². The average molecular weight is 352 g/mol.